The third-order valence-corrected chi connectivity index (χ3v) is 6.32. The molecule has 3 aromatic carbocycles. The van der Waals surface area contributed by atoms with E-state index in [9.17, 15) is 14.4 Å². The lowest BCUT2D eigenvalue weighted by molar-refractivity contribution is 0.0970. The van der Waals surface area contributed by atoms with Gasteiger partial charge in [0.2, 0.25) is 5.76 Å². The lowest BCUT2D eigenvalue weighted by atomic mass is 9.98. The van der Waals surface area contributed by atoms with Crippen LogP contribution in [-0.4, -0.2) is 11.7 Å². The summed E-state index contributed by atoms with van der Waals surface area (Å²) in [4.78, 5) is 40.3. The zero-order valence-corrected chi connectivity index (χ0v) is 19.1. The van der Waals surface area contributed by atoms with Crippen LogP contribution in [0.5, 0.6) is 0 Å². The van der Waals surface area contributed by atoms with Crippen LogP contribution in [0.4, 0.5) is 5.69 Å². The van der Waals surface area contributed by atoms with Gasteiger partial charge >= 0.3 is 0 Å². The van der Waals surface area contributed by atoms with Crippen LogP contribution in [0.15, 0.2) is 80.4 Å². The fourth-order valence-electron chi connectivity index (χ4n) is 4.03. The summed E-state index contributed by atoms with van der Waals surface area (Å²) in [7, 11) is 0. The highest BCUT2D eigenvalue weighted by atomic mass is 79.9. The third kappa shape index (κ3) is 3.27. The highest BCUT2D eigenvalue weighted by Gasteiger charge is 2.43. The average molecular weight is 509 g/mol. The average Bonchev–Trinajstić information content (AvgIpc) is 3.07. The van der Waals surface area contributed by atoms with Gasteiger partial charge in [0.15, 0.2) is 11.2 Å². The number of fused-ring (bicyclic) bond motifs is 2. The molecule has 5 nitrogen and oxygen atoms in total. The minimum atomic E-state index is -0.697. The van der Waals surface area contributed by atoms with Crippen molar-refractivity contribution in [1.29, 1.82) is 0 Å². The van der Waals surface area contributed by atoms with E-state index in [0.29, 0.717) is 27.2 Å². The Hall–Kier alpha value is -3.22. The molecule has 1 aromatic heterocycles. The Morgan fingerprint density at radius 3 is 2.34 bits per heavy atom. The molecular formula is C25H15BrClNO4. The maximum atomic E-state index is 13.6. The summed E-state index contributed by atoms with van der Waals surface area (Å²) in [6.45, 7) is 1.48. The Bertz CT molecular complexity index is 1460. The minimum absolute atomic E-state index is 0.0143. The number of nitrogens with zero attached hydrogens (tertiary/aromatic N) is 1. The molecule has 0 bridgehead atoms. The summed E-state index contributed by atoms with van der Waals surface area (Å²) >= 11 is 9.47. The van der Waals surface area contributed by atoms with Crippen LogP contribution in [0, 0.1) is 0 Å². The number of halogens is 2. The number of Topliss-reactive ketones (excluding diaryl/α,β-unsaturated/α-hetero) is 1. The van der Waals surface area contributed by atoms with E-state index in [-0.39, 0.29) is 22.5 Å². The van der Waals surface area contributed by atoms with Gasteiger partial charge in [0.25, 0.3) is 5.91 Å². The van der Waals surface area contributed by atoms with Gasteiger partial charge in [0, 0.05) is 20.7 Å². The van der Waals surface area contributed by atoms with Gasteiger partial charge in [0.05, 0.1) is 17.0 Å². The van der Waals surface area contributed by atoms with Crippen molar-refractivity contribution in [3.8, 4) is 0 Å². The summed E-state index contributed by atoms with van der Waals surface area (Å²) < 4.78 is 6.69. The van der Waals surface area contributed by atoms with E-state index in [1.165, 1.54) is 11.8 Å². The van der Waals surface area contributed by atoms with E-state index in [2.05, 4.69) is 15.9 Å². The van der Waals surface area contributed by atoms with Crippen LogP contribution < -0.4 is 10.3 Å². The number of benzene rings is 3. The van der Waals surface area contributed by atoms with E-state index in [1.807, 2.05) is 0 Å². The van der Waals surface area contributed by atoms with Crippen molar-refractivity contribution in [3.63, 3.8) is 0 Å². The molecule has 1 aliphatic rings. The normalized spacial score (nSPS) is 15.3. The Labute approximate surface area is 196 Å². The molecule has 0 aliphatic carbocycles. The molecule has 1 aliphatic heterocycles. The van der Waals surface area contributed by atoms with Crippen molar-refractivity contribution >= 4 is 55.9 Å². The number of carbonyl (C=O) groups is 2. The summed E-state index contributed by atoms with van der Waals surface area (Å²) in [6, 6.07) is 18.1. The molecule has 1 amide bonds. The fourth-order valence-corrected chi connectivity index (χ4v) is 4.52. The van der Waals surface area contributed by atoms with Crippen molar-refractivity contribution in [1.82, 2.24) is 0 Å². The molecular weight excluding hydrogens is 494 g/mol. The first kappa shape index (κ1) is 20.7. The van der Waals surface area contributed by atoms with Crippen molar-refractivity contribution in [2.24, 2.45) is 0 Å². The van der Waals surface area contributed by atoms with E-state index >= 15 is 0 Å². The molecule has 1 atom stereocenters. The lowest BCUT2D eigenvalue weighted by Gasteiger charge is -2.25. The molecule has 0 radical (unpaired) electrons. The maximum absolute atomic E-state index is 13.6. The molecule has 0 saturated heterocycles. The second-order valence-electron chi connectivity index (χ2n) is 7.55. The van der Waals surface area contributed by atoms with Crippen molar-refractivity contribution in [3.05, 3.63) is 109 Å². The molecule has 32 heavy (non-hydrogen) atoms. The number of carbonyl (C=O) groups excluding carboxylic acids is 2. The first-order valence-electron chi connectivity index (χ1n) is 9.81. The van der Waals surface area contributed by atoms with Gasteiger partial charge in [-0.1, -0.05) is 39.7 Å². The smallest absolute Gasteiger partial charge is 0.295 e. The number of hydrogen-bond donors (Lipinski definition) is 0. The molecule has 5 rings (SSSR count). The monoisotopic (exact) mass is 507 g/mol. The Kier molecular flexibility index (Phi) is 4.99. The predicted octanol–water partition coefficient (Wildman–Crippen LogP) is 6.16. The van der Waals surface area contributed by atoms with E-state index in [0.717, 1.165) is 10.0 Å². The Balaban J connectivity index is 1.77. The molecule has 1 unspecified atom stereocenters. The first-order chi connectivity index (χ1) is 15.3. The minimum Gasteiger partial charge on any atom is -0.450 e. The van der Waals surface area contributed by atoms with Gasteiger partial charge in [-0.05, 0) is 67.1 Å². The Morgan fingerprint density at radius 2 is 1.69 bits per heavy atom. The second kappa shape index (κ2) is 7.73. The second-order valence-corrected chi connectivity index (χ2v) is 8.90. The predicted molar refractivity (Wildman–Crippen MR) is 127 cm³/mol. The molecule has 2 heterocycles. The summed E-state index contributed by atoms with van der Waals surface area (Å²) in [5, 5.41) is 0.934. The zero-order chi connectivity index (χ0) is 22.6. The van der Waals surface area contributed by atoms with Gasteiger partial charge in [-0.2, -0.15) is 0 Å². The van der Waals surface area contributed by atoms with Crippen molar-refractivity contribution in [2.75, 3.05) is 4.90 Å². The van der Waals surface area contributed by atoms with Gasteiger partial charge < -0.3 is 4.42 Å². The molecule has 7 heteroatoms. The maximum Gasteiger partial charge on any atom is 0.295 e. The highest BCUT2D eigenvalue weighted by Crippen LogP contribution is 2.41. The molecule has 0 spiro atoms. The van der Waals surface area contributed by atoms with Crippen LogP contribution in [0.25, 0.3) is 11.0 Å². The summed E-state index contributed by atoms with van der Waals surface area (Å²) in [5.41, 5.74) is 2.16. The zero-order valence-electron chi connectivity index (χ0n) is 16.8. The van der Waals surface area contributed by atoms with Crippen LogP contribution in [-0.2, 0) is 0 Å². The molecule has 0 fully saturated rings. The molecule has 0 N–H and O–H groups in total. The van der Waals surface area contributed by atoms with Gasteiger partial charge in [-0.3, -0.25) is 19.3 Å². The number of hydrogen-bond acceptors (Lipinski definition) is 4. The highest BCUT2D eigenvalue weighted by molar-refractivity contribution is 9.10. The number of rotatable bonds is 3. The molecule has 158 valence electrons. The number of anilines is 1. The van der Waals surface area contributed by atoms with Gasteiger partial charge in [0.1, 0.15) is 5.58 Å². The quantitative estimate of drug-likeness (QED) is 0.311. The van der Waals surface area contributed by atoms with E-state index < -0.39 is 11.9 Å². The van der Waals surface area contributed by atoms with Crippen molar-refractivity contribution < 1.29 is 14.0 Å². The SMILES string of the molecule is CC(=O)c1ccc(N2C(=O)c3oc4ccc(Br)cc4c(=O)c3C2c2ccc(Cl)cc2)cc1. The topological polar surface area (TPSA) is 67.6 Å². The van der Waals surface area contributed by atoms with Crippen LogP contribution in [0.1, 0.15) is 45.0 Å². The summed E-state index contributed by atoms with van der Waals surface area (Å²) in [5.74, 6) is -0.478. The summed E-state index contributed by atoms with van der Waals surface area (Å²) in [6.07, 6.45) is 0. The largest absolute Gasteiger partial charge is 0.450 e. The molecule has 4 aromatic rings. The standard InChI is InChI=1S/C25H15BrClNO4/c1-13(29)14-4-9-18(10-5-14)28-22(15-2-7-17(27)8-3-15)21-23(30)19-12-16(26)6-11-20(19)32-24(21)25(28)31/h2-12,22H,1H3. The fraction of sp³-hybridized carbons (Fsp3) is 0.0800. The van der Waals surface area contributed by atoms with Crippen LogP contribution >= 0.6 is 27.5 Å². The van der Waals surface area contributed by atoms with E-state index in [4.69, 9.17) is 16.0 Å². The van der Waals surface area contributed by atoms with Crippen LogP contribution in [0.2, 0.25) is 5.02 Å². The van der Waals surface area contributed by atoms with Gasteiger partial charge in [-0.25, -0.2) is 0 Å². The number of amides is 1. The third-order valence-electron chi connectivity index (χ3n) is 5.57. The first-order valence-corrected chi connectivity index (χ1v) is 11.0. The lowest BCUT2D eigenvalue weighted by Crippen LogP contribution is -2.29. The molecule has 0 saturated carbocycles. The van der Waals surface area contributed by atoms with Crippen molar-refractivity contribution in [2.45, 2.75) is 13.0 Å². The van der Waals surface area contributed by atoms with Gasteiger partial charge in [-0.15, -0.1) is 0 Å². The van der Waals surface area contributed by atoms with E-state index in [1.54, 1.807) is 66.7 Å². The Morgan fingerprint density at radius 1 is 1.00 bits per heavy atom. The number of ketones is 1. The van der Waals surface area contributed by atoms with Crippen LogP contribution in [0.3, 0.4) is 0 Å².